The third-order valence-corrected chi connectivity index (χ3v) is 1.49. The number of nitrogens with zero attached hydrogens (tertiary/aromatic N) is 1. The number of rotatable bonds is 3. The molecular weight excluding hydrogens is 166 g/mol. The van der Waals surface area contributed by atoms with E-state index in [0.717, 1.165) is 0 Å². The Morgan fingerprint density at radius 3 is 1.73 bits per heavy atom. The van der Waals surface area contributed by atoms with Crippen molar-refractivity contribution in [1.29, 1.82) is 0 Å². The fourth-order valence-electron chi connectivity index (χ4n) is 0.298. The van der Waals surface area contributed by atoms with Crippen molar-refractivity contribution in [3.05, 3.63) is 0 Å². The van der Waals surface area contributed by atoms with Gasteiger partial charge in [0.2, 0.25) is 0 Å². The van der Waals surface area contributed by atoms with E-state index in [1.807, 2.05) is 13.8 Å². The highest BCUT2D eigenvalue weighted by Gasteiger charge is 2.03. The molecule has 0 saturated carbocycles. The molecule has 0 rings (SSSR count). The van der Waals surface area contributed by atoms with Crippen LogP contribution < -0.4 is 0 Å². The summed E-state index contributed by atoms with van der Waals surface area (Å²) in [7, 11) is -0.278. The summed E-state index contributed by atoms with van der Waals surface area (Å²) in [5.74, 6) is -0.194. The highest BCUT2D eigenvalue weighted by molar-refractivity contribution is 7.85. The zero-order valence-electron chi connectivity index (χ0n) is 7.53. The first-order valence-corrected chi connectivity index (χ1v) is 5.12. The van der Waals surface area contributed by atoms with Crippen molar-refractivity contribution in [2.75, 3.05) is 26.4 Å². The van der Waals surface area contributed by atoms with Crippen molar-refractivity contribution < 1.29 is 13.0 Å². The van der Waals surface area contributed by atoms with Gasteiger partial charge in [-0.25, -0.2) is 0 Å². The van der Waals surface area contributed by atoms with E-state index in [9.17, 15) is 8.42 Å². The predicted molar refractivity (Wildman–Crippen MR) is 46.3 cm³/mol. The van der Waals surface area contributed by atoms with Crippen LogP contribution in [-0.2, 0) is 10.1 Å². The molecule has 0 aliphatic carbocycles. The molecule has 0 heterocycles. The Hall–Kier alpha value is -0.130. The van der Waals surface area contributed by atoms with Crippen LogP contribution in [-0.4, -0.2) is 44.3 Å². The zero-order chi connectivity index (χ0) is 9.49. The van der Waals surface area contributed by atoms with Crippen molar-refractivity contribution in [3.8, 4) is 0 Å². The molecular formula is C6H17NO3S. The van der Waals surface area contributed by atoms with Gasteiger partial charge in [-0.15, -0.1) is 0 Å². The van der Waals surface area contributed by atoms with Crippen LogP contribution in [0.5, 0.6) is 0 Å². The lowest BCUT2D eigenvalue weighted by molar-refractivity contribution is 0.418. The van der Waals surface area contributed by atoms with Gasteiger partial charge in [0.05, 0.1) is 5.75 Å². The molecule has 11 heavy (non-hydrogen) atoms. The second-order valence-electron chi connectivity index (χ2n) is 2.09. The predicted octanol–water partition coefficient (Wildman–Crippen LogP) is 0.462. The molecule has 0 amide bonds. The fourth-order valence-corrected chi connectivity index (χ4v) is 0.894. The quantitative estimate of drug-likeness (QED) is 0.646. The highest BCUT2D eigenvalue weighted by atomic mass is 32.2. The maximum atomic E-state index is 10.1. The third kappa shape index (κ3) is 17.7. The summed E-state index contributed by atoms with van der Waals surface area (Å²) >= 11 is 0. The Balaban J connectivity index is 0. The van der Waals surface area contributed by atoms with E-state index >= 15 is 0 Å². The van der Waals surface area contributed by atoms with Crippen LogP contribution in [0.3, 0.4) is 0 Å². The molecule has 0 aromatic carbocycles. The molecule has 0 radical (unpaired) electrons. The van der Waals surface area contributed by atoms with Crippen LogP contribution in [0, 0.1) is 0 Å². The molecule has 0 unspecified atom stereocenters. The lowest BCUT2D eigenvalue weighted by Crippen LogP contribution is -2.21. The largest absolute Gasteiger partial charge is 0.308 e. The van der Waals surface area contributed by atoms with Gasteiger partial charge in [0, 0.05) is 6.54 Å². The molecule has 0 spiro atoms. The summed E-state index contributed by atoms with van der Waals surface area (Å²) < 4.78 is 28.3. The fraction of sp³-hybridized carbons (Fsp3) is 1.00. The summed E-state index contributed by atoms with van der Waals surface area (Å²) in [6, 6.07) is 0. The summed E-state index contributed by atoms with van der Waals surface area (Å²) in [6.07, 6.45) is 0. The molecule has 0 aliphatic rings. The van der Waals surface area contributed by atoms with Crippen LogP contribution in [0.25, 0.3) is 0 Å². The molecule has 0 atom stereocenters. The molecule has 0 aromatic rings. The van der Waals surface area contributed by atoms with Gasteiger partial charge < -0.3 is 4.90 Å². The lowest BCUT2D eigenvalue weighted by Gasteiger charge is -2.05. The first-order chi connectivity index (χ1) is 4.92. The van der Waals surface area contributed by atoms with Crippen molar-refractivity contribution >= 4 is 10.1 Å². The van der Waals surface area contributed by atoms with Gasteiger partial charge in [-0.1, -0.05) is 13.8 Å². The summed E-state index contributed by atoms with van der Waals surface area (Å²) in [5.41, 5.74) is 0. The molecule has 5 heteroatoms. The van der Waals surface area contributed by atoms with E-state index in [0.29, 0.717) is 6.54 Å². The summed E-state index contributed by atoms with van der Waals surface area (Å²) in [5, 5.41) is 0. The van der Waals surface area contributed by atoms with Gasteiger partial charge >= 0.3 is 0 Å². The van der Waals surface area contributed by atoms with Crippen LogP contribution in [0.2, 0.25) is 0 Å². The smallest absolute Gasteiger partial charge is 0.266 e. The Morgan fingerprint density at radius 2 is 1.64 bits per heavy atom. The second kappa shape index (κ2) is 6.57. The molecule has 1 N–H and O–H groups in total. The van der Waals surface area contributed by atoms with Crippen LogP contribution in [0.15, 0.2) is 0 Å². The lowest BCUT2D eigenvalue weighted by atomic mass is 10.7. The van der Waals surface area contributed by atoms with Gasteiger partial charge in [-0.2, -0.15) is 8.42 Å². The van der Waals surface area contributed by atoms with Gasteiger partial charge in [-0.3, -0.25) is 4.55 Å². The van der Waals surface area contributed by atoms with E-state index in [1.54, 1.807) is 19.0 Å². The average Bonchev–Trinajstić information content (AvgIpc) is 1.87. The Kier molecular flexibility index (Phi) is 8.04. The Bertz CT molecular complexity index is 163. The minimum Gasteiger partial charge on any atom is -0.308 e. The average molecular weight is 183 g/mol. The van der Waals surface area contributed by atoms with Crippen molar-refractivity contribution in [2.45, 2.75) is 13.8 Å². The zero-order valence-corrected chi connectivity index (χ0v) is 8.35. The monoisotopic (exact) mass is 183 g/mol. The van der Waals surface area contributed by atoms with Crippen molar-refractivity contribution in [1.82, 2.24) is 4.90 Å². The normalized spacial score (nSPS) is 10.7. The standard InChI is InChI=1S/C4H11NO3S.C2H6/c1-5(2)3-4-9(6,7)8;1-2/h3-4H2,1-2H3,(H,6,7,8);1-2H3. The van der Waals surface area contributed by atoms with Crippen LogP contribution in [0.4, 0.5) is 0 Å². The van der Waals surface area contributed by atoms with Gasteiger partial charge in [-0.05, 0) is 14.1 Å². The molecule has 4 nitrogen and oxygen atoms in total. The highest BCUT2D eigenvalue weighted by Crippen LogP contribution is 1.82. The van der Waals surface area contributed by atoms with Gasteiger partial charge in [0.25, 0.3) is 10.1 Å². The first kappa shape index (κ1) is 13.5. The topological polar surface area (TPSA) is 57.6 Å². The molecule has 0 aromatic heterocycles. The van der Waals surface area contributed by atoms with Crippen molar-refractivity contribution in [2.24, 2.45) is 0 Å². The second-order valence-corrected chi connectivity index (χ2v) is 3.66. The molecule has 0 saturated heterocycles. The van der Waals surface area contributed by atoms with Crippen LogP contribution >= 0.6 is 0 Å². The maximum Gasteiger partial charge on any atom is 0.266 e. The summed E-state index contributed by atoms with van der Waals surface area (Å²) in [4.78, 5) is 1.69. The van der Waals surface area contributed by atoms with E-state index < -0.39 is 10.1 Å². The minimum atomic E-state index is -3.76. The third-order valence-electron chi connectivity index (χ3n) is 0.796. The van der Waals surface area contributed by atoms with Gasteiger partial charge in [0.1, 0.15) is 0 Å². The summed E-state index contributed by atoms with van der Waals surface area (Å²) in [6.45, 7) is 4.36. The Labute approximate surface area is 69.0 Å². The van der Waals surface area contributed by atoms with Crippen molar-refractivity contribution in [3.63, 3.8) is 0 Å². The van der Waals surface area contributed by atoms with E-state index in [4.69, 9.17) is 4.55 Å². The van der Waals surface area contributed by atoms with Gasteiger partial charge in [0.15, 0.2) is 0 Å². The number of hydrogen-bond donors (Lipinski definition) is 1. The maximum absolute atomic E-state index is 10.1. The van der Waals surface area contributed by atoms with Crippen LogP contribution in [0.1, 0.15) is 13.8 Å². The molecule has 70 valence electrons. The SMILES string of the molecule is CC.CN(C)CCS(=O)(=O)O. The molecule has 0 fully saturated rings. The number of hydrogen-bond acceptors (Lipinski definition) is 3. The Morgan fingerprint density at radius 1 is 1.27 bits per heavy atom. The molecule has 0 bridgehead atoms. The van der Waals surface area contributed by atoms with E-state index in [-0.39, 0.29) is 5.75 Å². The first-order valence-electron chi connectivity index (χ1n) is 3.52. The molecule has 0 aliphatic heterocycles. The van der Waals surface area contributed by atoms with E-state index in [2.05, 4.69) is 0 Å². The minimum absolute atomic E-state index is 0.194. The van der Waals surface area contributed by atoms with E-state index in [1.165, 1.54) is 0 Å².